The summed E-state index contributed by atoms with van der Waals surface area (Å²) in [6.45, 7) is 4.93. The predicted molar refractivity (Wildman–Crippen MR) is 75.1 cm³/mol. The molecule has 3 aromatic heterocycles. The monoisotopic (exact) mass is 273 g/mol. The van der Waals surface area contributed by atoms with Gasteiger partial charge in [0.1, 0.15) is 0 Å². The Morgan fingerprint density at radius 1 is 1.37 bits per heavy atom. The van der Waals surface area contributed by atoms with Gasteiger partial charge in [-0.25, -0.2) is 4.98 Å². The Morgan fingerprint density at radius 2 is 2.26 bits per heavy atom. The maximum absolute atomic E-state index is 4.26. The Morgan fingerprint density at radius 3 is 3.05 bits per heavy atom. The van der Waals surface area contributed by atoms with E-state index in [2.05, 4.69) is 27.4 Å². The molecule has 3 rings (SSSR count). The summed E-state index contributed by atoms with van der Waals surface area (Å²) in [7, 11) is 0. The highest BCUT2D eigenvalue weighted by molar-refractivity contribution is 7.09. The van der Waals surface area contributed by atoms with Crippen LogP contribution in [0, 0.1) is 6.92 Å². The van der Waals surface area contributed by atoms with Crippen LogP contribution < -0.4 is 5.32 Å². The second-order valence-corrected chi connectivity index (χ2v) is 5.39. The summed E-state index contributed by atoms with van der Waals surface area (Å²) >= 11 is 1.68. The maximum atomic E-state index is 4.26. The fourth-order valence-electron chi connectivity index (χ4n) is 1.99. The van der Waals surface area contributed by atoms with Gasteiger partial charge in [-0.15, -0.1) is 21.5 Å². The van der Waals surface area contributed by atoms with Crippen molar-refractivity contribution >= 4 is 17.0 Å². The largest absolute Gasteiger partial charge is 0.302 e. The maximum Gasteiger partial charge on any atom is 0.160 e. The number of rotatable bonds is 4. The van der Waals surface area contributed by atoms with E-state index in [1.807, 2.05) is 41.2 Å². The normalized spacial score (nSPS) is 12.9. The molecule has 3 heterocycles. The van der Waals surface area contributed by atoms with Crippen LogP contribution in [0.15, 0.2) is 29.9 Å². The van der Waals surface area contributed by atoms with Crippen molar-refractivity contribution in [2.24, 2.45) is 0 Å². The number of hydrogen-bond donors (Lipinski definition) is 1. The highest BCUT2D eigenvalue weighted by Gasteiger charge is 2.13. The van der Waals surface area contributed by atoms with E-state index in [0.717, 1.165) is 23.7 Å². The predicted octanol–water partition coefficient (Wildman–Crippen LogP) is 2.35. The SMILES string of the molecule is Cc1ncsc1CNC(C)c1nnc2ccccn12. The zero-order valence-corrected chi connectivity index (χ0v) is 11.7. The third kappa shape index (κ3) is 2.36. The molecule has 0 radical (unpaired) electrons. The molecule has 0 bridgehead atoms. The molecule has 1 N–H and O–H groups in total. The van der Waals surface area contributed by atoms with E-state index in [1.54, 1.807) is 11.3 Å². The smallest absolute Gasteiger partial charge is 0.160 e. The molecule has 0 saturated heterocycles. The number of hydrogen-bond acceptors (Lipinski definition) is 5. The van der Waals surface area contributed by atoms with Crippen LogP contribution in [0.1, 0.15) is 29.4 Å². The molecule has 1 atom stereocenters. The van der Waals surface area contributed by atoms with Crippen LogP contribution in [0.25, 0.3) is 5.65 Å². The van der Waals surface area contributed by atoms with Crippen molar-refractivity contribution in [2.45, 2.75) is 26.4 Å². The lowest BCUT2D eigenvalue weighted by Crippen LogP contribution is -2.20. The van der Waals surface area contributed by atoms with E-state index >= 15 is 0 Å². The van der Waals surface area contributed by atoms with Gasteiger partial charge in [0.25, 0.3) is 0 Å². The molecule has 19 heavy (non-hydrogen) atoms. The fraction of sp³-hybridized carbons (Fsp3) is 0.308. The van der Waals surface area contributed by atoms with Gasteiger partial charge in [-0.3, -0.25) is 4.40 Å². The summed E-state index contributed by atoms with van der Waals surface area (Å²) < 4.78 is 2.01. The molecule has 0 aromatic carbocycles. The summed E-state index contributed by atoms with van der Waals surface area (Å²) in [4.78, 5) is 5.52. The molecular formula is C13H15N5S. The van der Waals surface area contributed by atoms with Crippen molar-refractivity contribution in [3.8, 4) is 0 Å². The van der Waals surface area contributed by atoms with Crippen molar-refractivity contribution < 1.29 is 0 Å². The zero-order valence-electron chi connectivity index (χ0n) is 10.9. The van der Waals surface area contributed by atoms with Crippen molar-refractivity contribution in [1.29, 1.82) is 0 Å². The molecular weight excluding hydrogens is 258 g/mol. The summed E-state index contributed by atoms with van der Waals surface area (Å²) in [6, 6.07) is 6.04. The van der Waals surface area contributed by atoms with Crippen molar-refractivity contribution in [3.63, 3.8) is 0 Å². The summed E-state index contributed by atoms with van der Waals surface area (Å²) in [6.07, 6.45) is 1.99. The van der Waals surface area contributed by atoms with Gasteiger partial charge in [-0.1, -0.05) is 6.07 Å². The van der Waals surface area contributed by atoms with E-state index in [9.17, 15) is 0 Å². The van der Waals surface area contributed by atoms with Gasteiger partial charge in [0.15, 0.2) is 11.5 Å². The summed E-state index contributed by atoms with van der Waals surface area (Å²) in [5, 5.41) is 11.9. The molecule has 0 fully saturated rings. The molecule has 0 aliphatic carbocycles. The van der Waals surface area contributed by atoms with Gasteiger partial charge in [-0.2, -0.15) is 0 Å². The second kappa shape index (κ2) is 5.07. The first kappa shape index (κ1) is 12.3. The Kier molecular flexibility index (Phi) is 3.27. The Labute approximate surface area is 115 Å². The number of nitrogens with zero attached hydrogens (tertiary/aromatic N) is 4. The molecule has 0 aliphatic rings. The van der Waals surface area contributed by atoms with E-state index in [0.29, 0.717) is 0 Å². The standard InChI is InChI=1S/C13H15N5S/c1-9-11(19-8-15-9)7-14-10(2)13-17-16-12-5-3-4-6-18(12)13/h3-6,8,10,14H,7H2,1-2H3. The molecule has 5 nitrogen and oxygen atoms in total. The average molecular weight is 273 g/mol. The Bertz CT molecular complexity index is 687. The van der Waals surface area contributed by atoms with Crippen LogP contribution in [0.3, 0.4) is 0 Å². The van der Waals surface area contributed by atoms with Gasteiger partial charge < -0.3 is 5.32 Å². The molecule has 0 aliphatic heterocycles. The Hall–Kier alpha value is -1.79. The second-order valence-electron chi connectivity index (χ2n) is 4.45. The van der Waals surface area contributed by atoms with Gasteiger partial charge in [0.2, 0.25) is 0 Å². The molecule has 1 unspecified atom stereocenters. The van der Waals surface area contributed by atoms with Crippen LogP contribution in [-0.2, 0) is 6.54 Å². The first-order chi connectivity index (χ1) is 9.25. The first-order valence-electron chi connectivity index (χ1n) is 6.17. The molecule has 0 amide bonds. The lowest BCUT2D eigenvalue weighted by molar-refractivity contribution is 0.543. The van der Waals surface area contributed by atoms with Gasteiger partial charge in [-0.05, 0) is 26.0 Å². The summed E-state index contributed by atoms with van der Waals surface area (Å²) in [5.41, 5.74) is 3.85. The van der Waals surface area contributed by atoms with Crippen LogP contribution in [0.5, 0.6) is 0 Å². The molecule has 0 saturated carbocycles. The third-order valence-corrected chi connectivity index (χ3v) is 4.08. The van der Waals surface area contributed by atoms with E-state index < -0.39 is 0 Å². The van der Waals surface area contributed by atoms with Crippen LogP contribution in [-0.4, -0.2) is 19.6 Å². The molecule has 98 valence electrons. The number of pyridine rings is 1. The van der Waals surface area contributed by atoms with Gasteiger partial charge in [0.05, 0.1) is 17.2 Å². The minimum Gasteiger partial charge on any atom is -0.302 e. The molecule has 6 heteroatoms. The van der Waals surface area contributed by atoms with Crippen molar-refractivity contribution in [3.05, 3.63) is 46.3 Å². The third-order valence-electron chi connectivity index (χ3n) is 3.14. The zero-order chi connectivity index (χ0) is 13.2. The minimum absolute atomic E-state index is 0.138. The van der Waals surface area contributed by atoms with E-state index in [4.69, 9.17) is 0 Å². The van der Waals surface area contributed by atoms with E-state index in [-0.39, 0.29) is 6.04 Å². The molecule has 0 spiro atoms. The van der Waals surface area contributed by atoms with Crippen LogP contribution in [0.2, 0.25) is 0 Å². The molecule has 3 aromatic rings. The Balaban J connectivity index is 1.77. The quantitative estimate of drug-likeness (QED) is 0.792. The first-order valence-corrected chi connectivity index (χ1v) is 7.05. The van der Waals surface area contributed by atoms with Crippen molar-refractivity contribution in [1.82, 2.24) is 24.9 Å². The number of fused-ring (bicyclic) bond motifs is 1. The topological polar surface area (TPSA) is 55.1 Å². The lowest BCUT2D eigenvalue weighted by Gasteiger charge is -2.11. The van der Waals surface area contributed by atoms with E-state index in [1.165, 1.54) is 4.88 Å². The lowest BCUT2D eigenvalue weighted by atomic mass is 10.3. The average Bonchev–Trinajstić information content (AvgIpc) is 3.02. The van der Waals surface area contributed by atoms with Crippen LogP contribution in [0.4, 0.5) is 0 Å². The minimum atomic E-state index is 0.138. The number of thiazole rings is 1. The van der Waals surface area contributed by atoms with Gasteiger partial charge in [0, 0.05) is 17.6 Å². The highest BCUT2D eigenvalue weighted by atomic mass is 32.1. The summed E-state index contributed by atoms with van der Waals surface area (Å²) in [5.74, 6) is 0.928. The number of aryl methyl sites for hydroxylation is 1. The van der Waals surface area contributed by atoms with Crippen LogP contribution >= 0.6 is 11.3 Å². The fourth-order valence-corrected chi connectivity index (χ4v) is 2.72. The van der Waals surface area contributed by atoms with Crippen molar-refractivity contribution in [2.75, 3.05) is 0 Å². The number of aromatic nitrogens is 4. The van der Waals surface area contributed by atoms with Gasteiger partial charge >= 0.3 is 0 Å². The highest BCUT2D eigenvalue weighted by Crippen LogP contribution is 2.15. The number of nitrogens with one attached hydrogen (secondary N) is 1.